The second-order valence-corrected chi connectivity index (χ2v) is 4.31. The standard InChI is InChI=1S/C12H16N4O2/c13-12(18)10-7-9(3-5-15-10)14-6-4-11(17)16-8-1-2-8/h3,5,7-8H,1-2,4,6H2,(H2,13,18)(H,14,15)(H,16,17). The largest absolute Gasteiger partial charge is 0.384 e. The van der Waals surface area contributed by atoms with Crippen LogP contribution in [0.25, 0.3) is 0 Å². The van der Waals surface area contributed by atoms with E-state index >= 15 is 0 Å². The highest BCUT2D eigenvalue weighted by molar-refractivity contribution is 5.91. The van der Waals surface area contributed by atoms with Crippen molar-refractivity contribution in [1.29, 1.82) is 0 Å². The highest BCUT2D eigenvalue weighted by Gasteiger charge is 2.22. The number of pyridine rings is 1. The molecule has 2 rings (SSSR count). The van der Waals surface area contributed by atoms with Crippen LogP contribution in [0.1, 0.15) is 29.8 Å². The van der Waals surface area contributed by atoms with E-state index in [1.165, 1.54) is 6.20 Å². The van der Waals surface area contributed by atoms with Crippen LogP contribution in [0.5, 0.6) is 0 Å². The molecule has 1 heterocycles. The minimum atomic E-state index is -0.565. The van der Waals surface area contributed by atoms with Gasteiger partial charge in [-0.1, -0.05) is 0 Å². The van der Waals surface area contributed by atoms with E-state index in [2.05, 4.69) is 15.6 Å². The molecule has 0 aliphatic heterocycles. The van der Waals surface area contributed by atoms with Crippen molar-refractivity contribution in [3.05, 3.63) is 24.0 Å². The van der Waals surface area contributed by atoms with Crippen molar-refractivity contribution in [2.75, 3.05) is 11.9 Å². The van der Waals surface area contributed by atoms with E-state index in [1.54, 1.807) is 12.1 Å². The quantitative estimate of drug-likeness (QED) is 0.672. The Morgan fingerprint density at radius 2 is 2.22 bits per heavy atom. The molecule has 1 fully saturated rings. The van der Waals surface area contributed by atoms with Crippen molar-refractivity contribution >= 4 is 17.5 Å². The maximum Gasteiger partial charge on any atom is 0.267 e. The van der Waals surface area contributed by atoms with Crippen molar-refractivity contribution in [2.24, 2.45) is 5.73 Å². The molecule has 0 aromatic carbocycles. The summed E-state index contributed by atoms with van der Waals surface area (Å²) in [6, 6.07) is 3.69. The molecule has 18 heavy (non-hydrogen) atoms. The van der Waals surface area contributed by atoms with Gasteiger partial charge in [-0.3, -0.25) is 14.6 Å². The Morgan fingerprint density at radius 1 is 1.44 bits per heavy atom. The van der Waals surface area contributed by atoms with E-state index in [9.17, 15) is 9.59 Å². The number of carbonyl (C=O) groups is 2. The lowest BCUT2D eigenvalue weighted by atomic mass is 10.3. The Kier molecular flexibility index (Phi) is 3.76. The van der Waals surface area contributed by atoms with Gasteiger partial charge in [-0.25, -0.2) is 0 Å². The summed E-state index contributed by atoms with van der Waals surface area (Å²) in [6.07, 6.45) is 4.09. The van der Waals surface area contributed by atoms with Crippen molar-refractivity contribution < 1.29 is 9.59 Å². The second-order valence-electron chi connectivity index (χ2n) is 4.31. The van der Waals surface area contributed by atoms with Crippen molar-refractivity contribution in [1.82, 2.24) is 10.3 Å². The zero-order valence-electron chi connectivity index (χ0n) is 9.98. The van der Waals surface area contributed by atoms with Crippen LogP contribution in [-0.2, 0) is 4.79 Å². The van der Waals surface area contributed by atoms with Gasteiger partial charge >= 0.3 is 0 Å². The molecule has 1 aromatic rings. The number of carbonyl (C=O) groups excluding carboxylic acids is 2. The third-order valence-corrected chi connectivity index (χ3v) is 2.64. The Bertz CT molecular complexity index is 457. The van der Waals surface area contributed by atoms with Gasteiger partial charge in [0.05, 0.1) is 0 Å². The number of rotatable bonds is 6. The summed E-state index contributed by atoms with van der Waals surface area (Å²) in [7, 11) is 0. The minimum Gasteiger partial charge on any atom is -0.384 e. The minimum absolute atomic E-state index is 0.0502. The van der Waals surface area contributed by atoms with Crippen molar-refractivity contribution in [2.45, 2.75) is 25.3 Å². The molecular formula is C12H16N4O2. The molecule has 0 bridgehead atoms. The monoisotopic (exact) mass is 248 g/mol. The van der Waals surface area contributed by atoms with Gasteiger partial charge in [0.2, 0.25) is 5.91 Å². The lowest BCUT2D eigenvalue weighted by Crippen LogP contribution is -2.27. The number of nitrogens with one attached hydrogen (secondary N) is 2. The lowest BCUT2D eigenvalue weighted by molar-refractivity contribution is -0.120. The average molecular weight is 248 g/mol. The van der Waals surface area contributed by atoms with Gasteiger partial charge in [-0.15, -0.1) is 0 Å². The molecule has 1 saturated carbocycles. The first kappa shape index (κ1) is 12.3. The van der Waals surface area contributed by atoms with Gasteiger partial charge in [0, 0.05) is 30.9 Å². The van der Waals surface area contributed by atoms with Crippen LogP contribution < -0.4 is 16.4 Å². The highest BCUT2D eigenvalue weighted by atomic mass is 16.2. The summed E-state index contributed by atoms with van der Waals surface area (Å²) in [5.74, 6) is -0.515. The fourth-order valence-electron chi connectivity index (χ4n) is 1.52. The summed E-state index contributed by atoms with van der Waals surface area (Å²) in [4.78, 5) is 26.2. The van der Waals surface area contributed by atoms with Crippen LogP contribution in [0.3, 0.4) is 0 Å². The molecule has 6 heteroatoms. The SMILES string of the molecule is NC(=O)c1cc(NCCC(=O)NC2CC2)ccn1. The van der Waals surface area contributed by atoms with Gasteiger partial charge in [-0.2, -0.15) is 0 Å². The number of anilines is 1. The number of aromatic nitrogens is 1. The fraction of sp³-hybridized carbons (Fsp3) is 0.417. The van der Waals surface area contributed by atoms with Crippen molar-refractivity contribution in [3.8, 4) is 0 Å². The molecule has 6 nitrogen and oxygen atoms in total. The van der Waals surface area contributed by atoms with E-state index in [0.29, 0.717) is 19.0 Å². The lowest BCUT2D eigenvalue weighted by Gasteiger charge is -2.07. The van der Waals surface area contributed by atoms with E-state index < -0.39 is 5.91 Å². The number of hydrogen-bond donors (Lipinski definition) is 3. The van der Waals surface area contributed by atoms with Gasteiger partial charge in [0.15, 0.2) is 0 Å². The molecular weight excluding hydrogens is 232 g/mol. The van der Waals surface area contributed by atoms with E-state index in [1.807, 2.05) is 0 Å². The smallest absolute Gasteiger partial charge is 0.267 e. The predicted molar refractivity (Wildman–Crippen MR) is 67.0 cm³/mol. The van der Waals surface area contributed by atoms with Gasteiger partial charge in [-0.05, 0) is 25.0 Å². The first-order valence-corrected chi connectivity index (χ1v) is 5.94. The predicted octanol–water partition coefficient (Wildman–Crippen LogP) is 0.261. The van der Waals surface area contributed by atoms with Gasteiger partial charge in [0.1, 0.15) is 5.69 Å². The highest BCUT2D eigenvalue weighted by Crippen LogP contribution is 2.18. The van der Waals surface area contributed by atoms with Crippen LogP contribution in [0.4, 0.5) is 5.69 Å². The average Bonchev–Trinajstić information content (AvgIpc) is 3.13. The molecule has 1 aliphatic rings. The van der Waals surface area contributed by atoms with E-state index in [0.717, 1.165) is 18.5 Å². The van der Waals surface area contributed by atoms with Crippen LogP contribution in [0, 0.1) is 0 Å². The second kappa shape index (κ2) is 5.48. The zero-order valence-corrected chi connectivity index (χ0v) is 9.98. The van der Waals surface area contributed by atoms with Crippen LogP contribution in [0.15, 0.2) is 18.3 Å². The molecule has 2 amide bonds. The Hall–Kier alpha value is -2.11. The van der Waals surface area contributed by atoms with Gasteiger partial charge < -0.3 is 16.4 Å². The summed E-state index contributed by atoms with van der Waals surface area (Å²) >= 11 is 0. The summed E-state index contributed by atoms with van der Waals surface area (Å²) in [5, 5.41) is 5.96. The number of primary amides is 1. The Labute approximate surface area is 105 Å². The van der Waals surface area contributed by atoms with Gasteiger partial charge in [0.25, 0.3) is 5.91 Å². The number of hydrogen-bond acceptors (Lipinski definition) is 4. The first-order chi connectivity index (χ1) is 8.65. The van der Waals surface area contributed by atoms with E-state index in [-0.39, 0.29) is 11.6 Å². The van der Waals surface area contributed by atoms with E-state index in [4.69, 9.17) is 5.73 Å². The summed E-state index contributed by atoms with van der Waals surface area (Å²) in [5.41, 5.74) is 6.07. The molecule has 1 aliphatic carbocycles. The number of amides is 2. The Morgan fingerprint density at radius 3 is 2.89 bits per heavy atom. The molecule has 0 spiro atoms. The van der Waals surface area contributed by atoms with Crippen LogP contribution >= 0.6 is 0 Å². The molecule has 1 aromatic heterocycles. The third-order valence-electron chi connectivity index (χ3n) is 2.64. The third kappa shape index (κ3) is 3.73. The molecule has 96 valence electrons. The summed E-state index contributed by atoms with van der Waals surface area (Å²) in [6.45, 7) is 0.515. The first-order valence-electron chi connectivity index (χ1n) is 5.94. The molecule has 0 saturated heterocycles. The fourth-order valence-corrected chi connectivity index (χ4v) is 1.52. The topological polar surface area (TPSA) is 97.1 Å². The number of nitrogens with zero attached hydrogens (tertiary/aromatic N) is 1. The molecule has 0 radical (unpaired) electrons. The molecule has 4 N–H and O–H groups in total. The zero-order chi connectivity index (χ0) is 13.0. The number of nitrogens with two attached hydrogens (primary N) is 1. The Balaban J connectivity index is 1.76. The van der Waals surface area contributed by atoms with Crippen LogP contribution in [-0.4, -0.2) is 29.4 Å². The molecule has 0 atom stereocenters. The molecule has 0 unspecified atom stereocenters. The van der Waals surface area contributed by atoms with Crippen LogP contribution in [0.2, 0.25) is 0 Å². The maximum absolute atomic E-state index is 11.4. The normalized spacial score (nSPS) is 14.0. The summed E-state index contributed by atoms with van der Waals surface area (Å²) < 4.78 is 0. The van der Waals surface area contributed by atoms with Crippen molar-refractivity contribution in [3.63, 3.8) is 0 Å². The maximum atomic E-state index is 11.4.